The molecule has 0 aliphatic heterocycles. The number of methoxy groups -OCH3 is 1. The van der Waals surface area contributed by atoms with Crippen LogP contribution in [0.2, 0.25) is 0 Å². The SMILES string of the molecule is COC(=O)n1nc(C(F)(F)F)cc1C(=O)NC1(C(=O)N[C@@]23CC[C@]4(C)[C@H](CC[C@@H]5[C@@]6(C)CC[C@H](OC(=O)[C@H]7C[C@@H](C(=O)O)C7(C)C)C(C)(C)[C@@H]6CC[C@]54C)C2=C(C(C)C)C(=O)C3)CCC1. The number of nitrogens with zero attached hydrogens (tertiary/aromatic N) is 2. The molecule has 7 aliphatic rings. The van der Waals surface area contributed by atoms with Crippen molar-refractivity contribution in [2.75, 3.05) is 7.11 Å². The number of ether oxygens (including phenoxy) is 2. The standard InChI is InChI=1S/C49H67F3N4O9/c1-25(2)35-30(57)24-48(54-40(62)47(16-11-17-47)53-37(58)29-23-33(49(50,51)52)55-56(29)41(63)64-10)21-20-45(8)26(36(35)48)12-13-32-44(7)18-15-34(43(5,6)31(44)14-19-46(32,45)9)65-39(61)28-22-27(38(59)60)42(28,3)4/h23,25-28,31-32,34H,11-22,24H2,1-10H3,(H,53,58)(H,54,62)(H,59,60)/t26-,27+,28-,31+,32-,34+,44+,45-,46-,48-/m1/s1. The van der Waals surface area contributed by atoms with Crippen LogP contribution in [0.5, 0.6) is 0 Å². The molecule has 13 nitrogen and oxygen atoms in total. The molecule has 0 saturated heterocycles. The van der Waals surface area contributed by atoms with Crippen molar-refractivity contribution in [3.63, 3.8) is 0 Å². The number of Topliss-reactive ketones (excluding diaryl/α,β-unsaturated/α-hetero) is 1. The van der Waals surface area contributed by atoms with E-state index in [9.17, 15) is 47.0 Å². The van der Waals surface area contributed by atoms with E-state index in [0.29, 0.717) is 37.7 Å². The van der Waals surface area contributed by atoms with E-state index in [4.69, 9.17) is 4.74 Å². The molecule has 2 amide bonds. The molecule has 358 valence electrons. The van der Waals surface area contributed by atoms with Gasteiger partial charge in [0.25, 0.3) is 5.91 Å². The molecule has 1 heterocycles. The van der Waals surface area contributed by atoms with Crippen LogP contribution in [0.1, 0.15) is 162 Å². The zero-order chi connectivity index (χ0) is 47.8. The maximum absolute atomic E-state index is 14.7. The fourth-order valence-corrected chi connectivity index (χ4v) is 15.4. The average molecular weight is 913 g/mol. The molecule has 10 atom stereocenters. The smallest absolute Gasteiger partial charge is 0.435 e. The largest absolute Gasteiger partial charge is 0.481 e. The number of esters is 1. The summed E-state index contributed by atoms with van der Waals surface area (Å²) in [6.45, 7) is 19.5. The van der Waals surface area contributed by atoms with Gasteiger partial charge in [-0.25, -0.2) is 4.79 Å². The number of halogens is 3. The number of hydrogen-bond donors (Lipinski definition) is 3. The van der Waals surface area contributed by atoms with Gasteiger partial charge in [-0.15, -0.1) is 0 Å². The van der Waals surface area contributed by atoms with Crippen molar-refractivity contribution in [2.45, 2.75) is 169 Å². The minimum Gasteiger partial charge on any atom is -0.481 e. The molecule has 7 aliphatic carbocycles. The maximum Gasteiger partial charge on any atom is 0.435 e. The lowest BCUT2D eigenvalue weighted by atomic mass is 9.33. The van der Waals surface area contributed by atoms with Gasteiger partial charge in [0, 0.05) is 17.9 Å². The summed E-state index contributed by atoms with van der Waals surface area (Å²) in [5.74, 6) is -3.33. The number of carbonyl (C=O) groups is 6. The number of rotatable bonds is 8. The second-order valence-corrected chi connectivity index (χ2v) is 23.2. The summed E-state index contributed by atoms with van der Waals surface area (Å²) in [5.41, 5.74) is -4.37. The van der Waals surface area contributed by atoms with Gasteiger partial charge >= 0.3 is 24.2 Å². The molecule has 8 rings (SSSR count). The number of ketones is 1. The zero-order valence-electron chi connectivity index (χ0n) is 39.6. The number of carbonyl (C=O) groups excluding carboxylic acids is 5. The van der Waals surface area contributed by atoms with Crippen molar-refractivity contribution < 1.29 is 56.5 Å². The Morgan fingerprint density at radius 2 is 1.52 bits per heavy atom. The fourth-order valence-electron chi connectivity index (χ4n) is 15.4. The normalized spacial score (nSPS) is 37.6. The molecule has 6 saturated carbocycles. The molecule has 6 fully saturated rings. The quantitative estimate of drug-likeness (QED) is 0.213. The molecule has 16 heteroatoms. The van der Waals surface area contributed by atoms with Crippen LogP contribution in [0, 0.1) is 62.6 Å². The van der Waals surface area contributed by atoms with Crippen molar-refractivity contribution in [1.29, 1.82) is 0 Å². The number of alkyl halides is 3. The van der Waals surface area contributed by atoms with E-state index in [2.05, 4.69) is 55.1 Å². The Morgan fingerprint density at radius 1 is 0.846 bits per heavy atom. The third-order valence-corrected chi connectivity index (χ3v) is 19.4. The average Bonchev–Trinajstić information content (AvgIpc) is 3.77. The molecule has 1 aromatic rings. The summed E-state index contributed by atoms with van der Waals surface area (Å²) in [7, 11) is 0.956. The summed E-state index contributed by atoms with van der Waals surface area (Å²) in [6, 6.07) is 0.463. The van der Waals surface area contributed by atoms with Gasteiger partial charge in [-0.3, -0.25) is 24.0 Å². The van der Waals surface area contributed by atoms with E-state index in [0.717, 1.165) is 56.8 Å². The Labute approximate surface area is 379 Å². The van der Waals surface area contributed by atoms with Crippen molar-refractivity contribution in [2.24, 2.45) is 62.6 Å². The van der Waals surface area contributed by atoms with Gasteiger partial charge in [0.15, 0.2) is 11.5 Å². The Hall–Kier alpha value is -4.24. The molecule has 3 N–H and O–H groups in total. The number of amides is 2. The molecule has 0 unspecified atom stereocenters. The van der Waals surface area contributed by atoms with E-state index in [1.807, 2.05) is 27.7 Å². The summed E-state index contributed by atoms with van der Waals surface area (Å²) in [4.78, 5) is 80.7. The predicted octanol–water partition coefficient (Wildman–Crippen LogP) is 8.68. The predicted molar refractivity (Wildman–Crippen MR) is 230 cm³/mol. The Morgan fingerprint density at radius 3 is 2.09 bits per heavy atom. The van der Waals surface area contributed by atoms with Crippen molar-refractivity contribution in [3.8, 4) is 0 Å². The van der Waals surface area contributed by atoms with Gasteiger partial charge in [-0.2, -0.15) is 23.0 Å². The highest BCUT2D eigenvalue weighted by molar-refractivity contribution is 6.04. The molecular weight excluding hydrogens is 846 g/mol. The van der Waals surface area contributed by atoms with E-state index in [-0.39, 0.29) is 81.2 Å². The third-order valence-electron chi connectivity index (χ3n) is 19.4. The number of fused-ring (bicyclic) bond motifs is 7. The molecule has 1 aromatic heterocycles. The lowest BCUT2D eigenvalue weighted by Gasteiger charge is -2.72. The van der Waals surface area contributed by atoms with Crippen molar-refractivity contribution in [1.82, 2.24) is 20.4 Å². The van der Waals surface area contributed by atoms with E-state index >= 15 is 0 Å². The number of aromatic nitrogens is 2. The third kappa shape index (κ3) is 6.76. The minimum atomic E-state index is -4.95. The van der Waals surface area contributed by atoms with Crippen molar-refractivity contribution >= 4 is 35.6 Å². The molecule has 0 bridgehead atoms. The topological polar surface area (TPSA) is 183 Å². The molecular formula is C49H67F3N4O9. The van der Waals surface area contributed by atoms with Crippen molar-refractivity contribution in [3.05, 3.63) is 28.6 Å². The minimum absolute atomic E-state index is 0.00533. The van der Waals surface area contributed by atoms with Gasteiger partial charge in [-0.05, 0) is 134 Å². The first-order valence-electron chi connectivity index (χ1n) is 23.7. The molecule has 65 heavy (non-hydrogen) atoms. The van der Waals surface area contributed by atoms with Crippen LogP contribution < -0.4 is 10.6 Å². The summed E-state index contributed by atoms with van der Waals surface area (Å²) >= 11 is 0. The molecule has 0 spiro atoms. The molecule has 0 radical (unpaired) electrons. The van der Waals surface area contributed by atoms with Gasteiger partial charge in [0.1, 0.15) is 17.3 Å². The number of carboxylic acids is 1. The first kappa shape index (κ1) is 47.3. The highest BCUT2D eigenvalue weighted by Crippen LogP contribution is 2.76. The number of hydrogen-bond acceptors (Lipinski definition) is 9. The Balaban J connectivity index is 1.05. The fraction of sp³-hybridized carbons (Fsp3) is 0.776. The lowest BCUT2D eigenvalue weighted by Crippen LogP contribution is -2.70. The summed E-state index contributed by atoms with van der Waals surface area (Å²) in [6.07, 6.45) is 1.28. The lowest BCUT2D eigenvalue weighted by molar-refractivity contribution is -0.235. The number of carboxylic acid groups (broad SMARTS) is 1. The first-order valence-corrected chi connectivity index (χ1v) is 23.7. The summed E-state index contributed by atoms with van der Waals surface area (Å²) in [5, 5.41) is 19.0. The first-order chi connectivity index (χ1) is 30.0. The zero-order valence-corrected chi connectivity index (χ0v) is 39.6. The second kappa shape index (κ2) is 15.1. The van der Waals surface area contributed by atoms with Crippen LogP contribution in [-0.2, 0) is 34.8 Å². The van der Waals surface area contributed by atoms with Gasteiger partial charge in [0.05, 0.1) is 24.5 Å². The second-order valence-electron chi connectivity index (χ2n) is 23.2. The van der Waals surface area contributed by atoms with Crippen LogP contribution in [0.25, 0.3) is 0 Å². The molecule has 0 aromatic carbocycles. The van der Waals surface area contributed by atoms with Crippen LogP contribution in [0.3, 0.4) is 0 Å². The number of aliphatic carboxylic acids is 1. The van der Waals surface area contributed by atoms with Gasteiger partial charge in [-0.1, -0.05) is 62.3 Å². The van der Waals surface area contributed by atoms with Crippen LogP contribution in [0.15, 0.2) is 17.2 Å². The highest BCUT2D eigenvalue weighted by Gasteiger charge is 2.71. The summed E-state index contributed by atoms with van der Waals surface area (Å²) < 4.78 is 52.3. The number of allylic oxidation sites excluding steroid dienone is 1. The van der Waals surface area contributed by atoms with Gasteiger partial charge in [0.2, 0.25) is 5.91 Å². The van der Waals surface area contributed by atoms with Crippen LogP contribution >= 0.6 is 0 Å². The van der Waals surface area contributed by atoms with E-state index in [1.54, 1.807) is 0 Å². The van der Waals surface area contributed by atoms with E-state index < -0.39 is 69.8 Å². The maximum atomic E-state index is 14.7. The Kier molecular flexibility index (Phi) is 11.0. The van der Waals surface area contributed by atoms with Crippen LogP contribution in [-0.4, -0.2) is 74.8 Å². The van der Waals surface area contributed by atoms with Crippen LogP contribution in [0.4, 0.5) is 18.0 Å². The number of nitrogens with one attached hydrogen (secondary N) is 2. The monoisotopic (exact) mass is 912 g/mol. The van der Waals surface area contributed by atoms with E-state index in [1.165, 1.54) is 0 Å². The highest BCUT2D eigenvalue weighted by atomic mass is 19.4. The Bertz CT molecular complexity index is 2260. The van der Waals surface area contributed by atoms with Gasteiger partial charge < -0.3 is 25.2 Å².